The van der Waals surface area contributed by atoms with Crippen molar-refractivity contribution >= 4 is 11.6 Å². The third-order valence-corrected chi connectivity index (χ3v) is 4.22. The molecular weight excluding hydrogens is 274 g/mol. The predicted molar refractivity (Wildman–Crippen MR) is 88.6 cm³/mol. The first-order valence-corrected chi connectivity index (χ1v) is 7.92. The van der Waals surface area contributed by atoms with E-state index in [9.17, 15) is 10.1 Å². The molecule has 0 spiro atoms. The second kappa shape index (κ2) is 6.39. The van der Waals surface area contributed by atoms with E-state index in [1.165, 1.54) is 5.56 Å². The monoisotopic (exact) mass is 299 g/mol. The number of hydrogen-bond donors (Lipinski definition) is 2. The van der Waals surface area contributed by atoms with Crippen LogP contribution in [-0.2, 0) is 10.2 Å². The van der Waals surface area contributed by atoms with Gasteiger partial charge in [0.25, 0.3) is 0 Å². The van der Waals surface area contributed by atoms with Gasteiger partial charge in [0.1, 0.15) is 5.54 Å². The van der Waals surface area contributed by atoms with Crippen LogP contribution in [0.2, 0.25) is 0 Å². The lowest BCUT2D eigenvalue weighted by Crippen LogP contribution is -2.47. The summed E-state index contributed by atoms with van der Waals surface area (Å²) in [5.74, 6) is -0.118. The largest absolute Gasteiger partial charge is 0.376 e. The van der Waals surface area contributed by atoms with Crippen molar-refractivity contribution in [3.63, 3.8) is 0 Å². The van der Waals surface area contributed by atoms with Crippen molar-refractivity contribution in [1.82, 2.24) is 5.32 Å². The Morgan fingerprint density at radius 3 is 2.50 bits per heavy atom. The van der Waals surface area contributed by atoms with Gasteiger partial charge in [-0.05, 0) is 42.7 Å². The highest BCUT2D eigenvalue weighted by molar-refractivity contribution is 5.82. The molecule has 1 aliphatic carbocycles. The first kappa shape index (κ1) is 16.4. The number of carbonyl (C=O) groups is 1. The van der Waals surface area contributed by atoms with Gasteiger partial charge in [0.2, 0.25) is 5.91 Å². The van der Waals surface area contributed by atoms with E-state index < -0.39 is 5.54 Å². The second-order valence-corrected chi connectivity index (χ2v) is 7.10. The number of carbonyl (C=O) groups excluding carboxylic acids is 1. The molecule has 2 rings (SSSR count). The van der Waals surface area contributed by atoms with Crippen molar-refractivity contribution in [2.75, 3.05) is 11.9 Å². The molecule has 4 heteroatoms. The molecule has 2 N–H and O–H groups in total. The molecule has 1 saturated carbocycles. The van der Waals surface area contributed by atoms with Gasteiger partial charge in [-0.2, -0.15) is 5.26 Å². The summed E-state index contributed by atoms with van der Waals surface area (Å²) in [6.07, 6.45) is 3.53. The van der Waals surface area contributed by atoms with Crippen LogP contribution in [0.4, 0.5) is 5.69 Å². The van der Waals surface area contributed by atoms with Gasteiger partial charge in [-0.1, -0.05) is 39.0 Å². The van der Waals surface area contributed by atoms with Gasteiger partial charge in [0, 0.05) is 5.69 Å². The molecule has 1 fully saturated rings. The molecule has 0 heterocycles. The SMILES string of the molecule is CC(C)(C)c1ccccc1NCC(=O)NC1(C#N)CCCC1. The van der Waals surface area contributed by atoms with Gasteiger partial charge in [-0.15, -0.1) is 0 Å². The van der Waals surface area contributed by atoms with Crippen LogP contribution in [0, 0.1) is 11.3 Å². The van der Waals surface area contributed by atoms with Crippen LogP contribution in [0.25, 0.3) is 0 Å². The molecule has 22 heavy (non-hydrogen) atoms. The average molecular weight is 299 g/mol. The number of amides is 1. The minimum Gasteiger partial charge on any atom is -0.376 e. The minimum absolute atomic E-state index is 0.0133. The molecule has 118 valence electrons. The number of rotatable bonds is 4. The first-order valence-electron chi connectivity index (χ1n) is 7.92. The van der Waals surface area contributed by atoms with Gasteiger partial charge in [0.05, 0.1) is 12.6 Å². The summed E-state index contributed by atoms with van der Waals surface area (Å²) < 4.78 is 0. The molecule has 0 saturated heterocycles. The molecule has 0 atom stereocenters. The van der Waals surface area contributed by atoms with E-state index in [1.807, 2.05) is 18.2 Å². The number of benzene rings is 1. The summed E-state index contributed by atoms with van der Waals surface area (Å²) >= 11 is 0. The van der Waals surface area contributed by atoms with Crippen LogP contribution in [0.1, 0.15) is 52.0 Å². The molecule has 0 unspecified atom stereocenters. The molecule has 0 aliphatic heterocycles. The summed E-state index contributed by atoms with van der Waals surface area (Å²) in [6.45, 7) is 6.64. The quantitative estimate of drug-likeness (QED) is 0.896. The molecule has 1 aliphatic rings. The predicted octanol–water partition coefficient (Wildman–Crippen LogP) is 3.35. The number of hydrogen-bond acceptors (Lipinski definition) is 3. The van der Waals surface area contributed by atoms with E-state index in [2.05, 4.69) is 43.5 Å². The maximum atomic E-state index is 12.2. The third kappa shape index (κ3) is 3.79. The Morgan fingerprint density at radius 2 is 1.91 bits per heavy atom. The lowest BCUT2D eigenvalue weighted by Gasteiger charge is -2.25. The molecule has 0 radical (unpaired) electrons. The van der Waals surface area contributed by atoms with Gasteiger partial charge in [-0.25, -0.2) is 0 Å². The average Bonchev–Trinajstić information content (AvgIpc) is 2.93. The standard InChI is InChI=1S/C18H25N3O/c1-17(2,3)14-8-4-5-9-15(14)20-12-16(22)21-18(13-19)10-6-7-11-18/h4-5,8-9,20H,6-7,10-12H2,1-3H3,(H,21,22). The van der Waals surface area contributed by atoms with Crippen LogP contribution >= 0.6 is 0 Å². The van der Waals surface area contributed by atoms with Crippen molar-refractivity contribution in [3.05, 3.63) is 29.8 Å². The van der Waals surface area contributed by atoms with Crippen LogP contribution in [0.5, 0.6) is 0 Å². The van der Waals surface area contributed by atoms with Crippen molar-refractivity contribution in [2.24, 2.45) is 0 Å². The Balaban J connectivity index is 1.99. The van der Waals surface area contributed by atoms with Gasteiger partial charge in [-0.3, -0.25) is 4.79 Å². The maximum Gasteiger partial charge on any atom is 0.240 e. The first-order chi connectivity index (χ1) is 10.4. The zero-order chi connectivity index (χ0) is 16.2. The van der Waals surface area contributed by atoms with Gasteiger partial charge in [0.15, 0.2) is 0 Å². The van der Waals surface area contributed by atoms with Crippen LogP contribution < -0.4 is 10.6 Å². The Labute approximate surface area is 132 Å². The summed E-state index contributed by atoms with van der Waals surface area (Å²) in [5, 5.41) is 15.4. The maximum absolute atomic E-state index is 12.2. The summed E-state index contributed by atoms with van der Waals surface area (Å²) in [4.78, 5) is 12.2. The fourth-order valence-corrected chi connectivity index (χ4v) is 3.02. The second-order valence-electron chi connectivity index (χ2n) is 7.10. The number of nitrogens with zero attached hydrogens (tertiary/aromatic N) is 1. The smallest absolute Gasteiger partial charge is 0.240 e. The third-order valence-electron chi connectivity index (χ3n) is 4.22. The molecule has 0 bridgehead atoms. The Hall–Kier alpha value is -2.02. The lowest BCUT2D eigenvalue weighted by molar-refractivity contribution is -0.120. The summed E-state index contributed by atoms with van der Waals surface area (Å²) in [5.41, 5.74) is 1.52. The zero-order valence-electron chi connectivity index (χ0n) is 13.7. The van der Waals surface area contributed by atoms with Crippen LogP contribution in [0.15, 0.2) is 24.3 Å². The Morgan fingerprint density at radius 1 is 1.27 bits per heavy atom. The fraction of sp³-hybridized carbons (Fsp3) is 0.556. The lowest BCUT2D eigenvalue weighted by atomic mass is 9.86. The van der Waals surface area contributed by atoms with E-state index in [0.29, 0.717) is 0 Å². The fourth-order valence-electron chi connectivity index (χ4n) is 3.02. The molecule has 1 aromatic carbocycles. The molecular formula is C18H25N3O. The van der Waals surface area contributed by atoms with E-state index >= 15 is 0 Å². The van der Waals surface area contributed by atoms with Crippen molar-refractivity contribution in [3.8, 4) is 6.07 Å². The van der Waals surface area contributed by atoms with E-state index in [0.717, 1.165) is 31.4 Å². The number of nitrogens with one attached hydrogen (secondary N) is 2. The highest BCUT2D eigenvalue weighted by Gasteiger charge is 2.35. The highest BCUT2D eigenvalue weighted by Crippen LogP contribution is 2.30. The van der Waals surface area contributed by atoms with Crippen molar-refractivity contribution in [2.45, 2.75) is 57.4 Å². The minimum atomic E-state index is -0.650. The zero-order valence-corrected chi connectivity index (χ0v) is 13.7. The Kier molecular flexibility index (Phi) is 4.75. The Bertz CT molecular complexity index is 575. The van der Waals surface area contributed by atoms with Gasteiger partial charge >= 0.3 is 0 Å². The van der Waals surface area contributed by atoms with E-state index in [-0.39, 0.29) is 17.9 Å². The van der Waals surface area contributed by atoms with E-state index in [1.54, 1.807) is 0 Å². The topological polar surface area (TPSA) is 64.9 Å². The molecule has 1 aromatic rings. The highest BCUT2D eigenvalue weighted by atomic mass is 16.2. The number of anilines is 1. The van der Waals surface area contributed by atoms with Crippen molar-refractivity contribution in [1.29, 1.82) is 5.26 Å². The molecule has 1 amide bonds. The van der Waals surface area contributed by atoms with E-state index in [4.69, 9.17) is 0 Å². The summed E-state index contributed by atoms with van der Waals surface area (Å²) in [6, 6.07) is 10.3. The van der Waals surface area contributed by atoms with Crippen molar-refractivity contribution < 1.29 is 4.79 Å². The number of nitriles is 1. The van der Waals surface area contributed by atoms with Gasteiger partial charge < -0.3 is 10.6 Å². The molecule has 0 aromatic heterocycles. The summed E-state index contributed by atoms with van der Waals surface area (Å²) in [7, 11) is 0. The van der Waals surface area contributed by atoms with Crippen LogP contribution in [0.3, 0.4) is 0 Å². The normalized spacial score (nSPS) is 16.8. The number of para-hydroxylation sites is 1. The molecule has 4 nitrogen and oxygen atoms in total. The van der Waals surface area contributed by atoms with Crippen LogP contribution in [-0.4, -0.2) is 18.0 Å².